The van der Waals surface area contributed by atoms with E-state index in [2.05, 4.69) is 20.5 Å². The van der Waals surface area contributed by atoms with Crippen molar-refractivity contribution in [2.24, 2.45) is 5.92 Å². The summed E-state index contributed by atoms with van der Waals surface area (Å²) in [5.74, 6) is 0.140. The van der Waals surface area contributed by atoms with Crippen LogP contribution in [-0.2, 0) is 37.4 Å². The molecule has 0 saturated carbocycles. The highest BCUT2D eigenvalue weighted by atomic mass is 16.5. The zero-order chi connectivity index (χ0) is 38.4. The number of esters is 1. The number of hydrogen-bond donors (Lipinski definition) is 5. The number of piperidine rings is 4. The van der Waals surface area contributed by atoms with Gasteiger partial charge >= 0.3 is 5.97 Å². The summed E-state index contributed by atoms with van der Waals surface area (Å²) in [4.78, 5) is 58.5. The van der Waals surface area contributed by atoms with Crippen molar-refractivity contribution < 1.29 is 29.3 Å². The first kappa shape index (κ1) is 38.2. The highest BCUT2D eigenvalue weighted by molar-refractivity contribution is 5.87. The highest BCUT2D eigenvalue weighted by Gasteiger charge is 2.47. The van der Waals surface area contributed by atoms with Gasteiger partial charge in [-0.25, -0.2) is 0 Å². The maximum absolute atomic E-state index is 14.0. The van der Waals surface area contributed by atoms with E-state index in [1.807, 2.05) is 59.5 Å². The van der Waals surface area contributed by atoms with Crippen LogP contribution >= 0.6 is 0 Å². The second-order valence-electron chi connectivity index (χ2n) is 15.3. The normalized spacial score (nSPS) is 20.9. The van der Waals surface area contributed by atoms with Crippen LogP contribution < -0.4 is 16.2 Å². The minimum atomic E-state index is -0.851. The molecule has 4 aliphatic heterocycles. The monoisotopic (exact) mass is 749 g/mol. The largest absolute Gasteiger partial charge is 0.506 e. The number of fused-ring (bicyclic) bond motifs is 4. The van der Waals surface area contributed by atoms with Crippen LogP contribution in [0.1, 0.15) is 60.5 Å². The molecule has 4 fully saturated rings. The van der Waals surface area contributed by atoms with Gasteiger partial charge in [0.25, 0.3) is 0 Å². The molecule has 5 N–H and O–H groups in total. The molecular formula is C43H51N5O7. The van der Waals surface area contributed by atoms with Crippen LogP contribution in [-0.4, -0.2) is 101 Å². The molecule has 5 heterocycles. The average Bonchev–Trinajstić information content (AvgIpc) is 3.21. The first-order valence-electron chi connectivity index (χ1n) is 19.5. The van der Waals surface area contributed by atoms with Crippen LogP contribution in [0, 0.1) is 5.92 Å². The van der Waals surface area contributed by atoms with Crippen LogP contribution in [0.25, 0.3) is 10.9 Å². The van der Waals surface area contributed by atoms with Crippen molar-refractivity contribution in [2.75, 3.05) is 52.4 Å². The summed E-state index contributed by atoms with van der Waals surface area (Å²) < 4.78 is 6.29. The van der Waals surface area contributed by atoms with E-state index in [1.165, 1.54) is 12.1 Å². The van der Waals surface area contributed by atoms with E-state index in [0.717, 1.165) is 49.2 Å². The Morgan fingerprint density at radius 2 is 1.58 bits per heavy atom. The Hall–Kier alpha value is -5.04. The first-order valence-corrected chi connectivity index (χ1v) is 19.5. The van der Waals surface area contributed by atoms with Crippen molar-refractivity contribution in [1.82, 2.24) is 25.4 Å². The van der Waals surface area contributed by atoms with Gasteiger partial charge in [0, 0.05) is 44.2 Å². The van der Waals surface area contributed by atoms with Gasteiger partial charge in [-0.3, -0.25) is 24.1 Å². The number of phenolic OH excluding ortho intramolecular Hbond substituents is 1. The topological polar surface area (TPSA) is 164 Å². The van der Waals surface area contributed by atoms with Crippen molar-refractivity contribution in [1.29, 1.82) is 0 Å². The summed E-state index contributed by atoms with van der Waals surface area (Å²) in [6.45, 7) is 5.26. The van der Waals surface area contributed by atoms with Gasteiger partial charge in [0.05, 0.1) is 29.9 Å². The molecule has 12 nitrogen and oxygen atoms in total. The number of amides is 2. The molecule has 1 aromatic heterocycles. The number of nitrogens with one attached hydrogen (secondary N) is 3. The third-order valence-electron chi connectivity index (χ3n) is 11.7. The zero-order valence-corrected chi connectivity index (χ0v) is 31.2. The predicted molar refractivity (Wildman–Crippen MR) is 209 cm³/mol. The van der Waals surface area contributed by atoms with Gasteiger partial charge in [-0.1, -0.05) is 60.7 Å². The lowest BCUT2D eigenvalue weighted by atomic mass is 9.72. The molecule has 0 spiro atoms. The fraction of sp³-hybridized carbons (Fsp3) is 0.442. The van der Waals surface area contributed by atoms with E-state index in [4.69, 9.17) is 4.74 Å². The van der Waals surface area contributed by atoms with E-state index in [0.29, 0.717) is 67.8 Å². The van der Waals surface area contributed by atoms with E-state index in [9.17, 15) is 29.4 Å². The lowest BCUT2D eigenvalue weighted by Gasteiger charge is -2.46. The van der Waals surface area contributed by atoms with Gasteiger partial charge in [0.15, 0.2) is 0 Å². The number of aromatic hydroxyl groups is 1. The van der Waals surface area contributed by atoms with Crippen LogP contribution in [0.3, 0.4) is 0 Å². The quantitative estimate of drug-likeness (QED) is 0.0962. The van der Waals surface area contributed by atoms with Gasteiger partial charge in [0.2, 0.25) is 17.4 Å². The third kappa shape index (κ3) is 8.93. The van der Waals surface area contributed by atoms with E-state index < -0.39 is 11.5 Å². The fourth-order valence-corrected chi connectivity index (χ4v) is 8.45. The summed E-state index contributed by atoms with van der Waals surface area (Å²) in [5.41, 5.74) is 2.47. The highest BCUT2D eigenvalue weighted by Crippen LogP contribution is 2.39. The van der Waals surface area contributed by atoms with Crippen LogP contribution in [0.4, 0.5) is 0 Å². The number of phenols is 1. The number of carbonyl (C=O) groups excluding carboxylic acids is 3. The Balaban J connectivity index is 0.830. The van der Waals surface area contributed by atoms with Crippen molar-refractivity contribution >= 4 is 28.7 Å². The molecule has 4 aliphatic rings. The summed E-state index contributed by atoms with van der Waals surface area (Å²) in [5, 5.41) is 27.5. The number of aromatic nitrogens is 1. The SMILES string of the molecule is O=C(Cc1ccc(CC(=O)N2CCC(C(=O)OC3CN4CCC3CC4)(c3ccccc3)CC2)cc1)NCCCNCC(O)c1ccc(O)c2[nH]c(=O)ccc12. The first-order chi connectivity index (χ1) is 26.7. The molecule has 0 radical (unpaired) electrons. The Morgan fingerprint density at radius 3 is 2.27 bits per heavy atom. The molecule has 4 saturated heterocycles. The standard InChI is InChI=1S/C43H51N5O7/c49-35-13-11-33(34-12-14-38(51)46-41(34)35)36(50)27-44-19-4-20-45-39(52)25-29-7-9-30(10-8-29)26-40(53)48-23-17-43(18-24-48,32-5-2-1-3-6-32)42(54)55-37-28-47-21-15-31(37)16-22-47/h1-3,5-14,31,36-37,44,49-50H,4,15-28H2,(H,45,52)(H,46,51). The lowest BCUT2D eigenvalue weighted by Crippen LogP contribution is -2.55. The molecule has 3 aromatic carbocycles. The van der Waals surface area contributed by atoms with Gasteiger partial charge in [-0.15, -0.1) is 0 Å². The lowest BCUT2D eigenvalue weighted by molar-refractivity contribution is -0.168. The number of benzene rings is 3. The van der Waals surface area contributed by atoms with E-state index >= 15 is 0 Å². The molecule has 2 unspecified atom stereocenters. The van der Waals surface area contributed by atoms with Crippen LogP contribution in [0.5, 0.6) is 5.75 Å². The second kappa shape index (κ2) is 17.2. The molecule has 2 bridgehead atoms. The molecule has 55 heavy (non-hydrogen) atoms. The third-order valence-corrected chi connectivity index (χ3v) is 11.7. The number of hydrogen-bond acceptors (Lipinski definition) is 9. The summed E-state index contributed by atoms with van der Waals surface area (Å²) >= 11 is 0. The van der Waals surface area contributed by atoms with Crippen molar-refractivity contribution in [3.05, 3.63) is 111 Å². The summed E-state index contributed by atoms with van der Waals surface area (Å²) in [6, 6.07) is 23.5. The number of aromatic amines is 1. The molecular weight excluding hydrogens is 699 g/mol. The molecule has 290 valence electrons. The molecule has 12 heteroatoms. The average molecular weight is 750 g/mol. The number of pyridine rings is 1. The van der Waals surface area contributed by atoms with Crippen molar-refractivity contribution in [3.8, 4) is 5.75 Å². The maximum Gasteiger partial charge on any atom is 0.317 e. The van der Waals surface area contributed by atoms with Gasteiger partial charge in [-0.2, -0.15) is 0 Å². The van der Waals surface area contributed by atoms with Crippen LogP contribution in [0.2, 0.25) is 0 Å². The maximum atomic E-state index is 14.0. The van der Waals surface area contributed by atoms with Gasteiger partial charge in [0.1, 0.15) is 11.9 Å². The van der Waals surface area contributed by atoms with Gasteiger partial charge in [-0.05, 0) is 92.0 Å². The number of nitrogens with zero attached hydrogens (tertiary/aromatic N) is 2. The molecule has 2 atom stereocenters. The molecule has 4 aromatic rings. The number of carbonyl (C=O) groups is 3. The molecule has 0 aliphatic carbocycles. The Labute approximate surface area is 320 Å². The molecule has 8 rings (SSSR count). The minimum absolute atomic E-state index is 0.0202. The zero-order valence-electron chi connectivity index (χ0n) is 31.2. The molecule has 2 amide bonds. The minimum Gasteiger partial charge on any atom is -0.506 e. The summed E-state index contributed by atoms with van der Waals surface area (Å²) in [7, 11) is 0. The predicted octanol–water partition coefficient (Wildman–Crippen LogP) is 3.35. The van der Waals surface area contributed by atoms with Crippen molar-refractivity contribution in [2.45, 2.75) is 62.6 Å². The number of aliphatic hydroxyl groups excluding tert-OH is 1. The van der Waals surface area contributed by atoms with Crippen LogP contribution in [0.15, 0.2) is 83.7 Å². The number of rotatable bonds is 14. The Bertz CT molecular complexity index is 2020. The number of ether oxygens (including phenoxy) is 1. The smallest absolute Gasteiger partial charge is 0.317 e. The van der Waals surface area contributed by atoms with E-state index in [-0.39, 0.29) is 54.6 Å². The fourth-order valence-electron chi connectivity index (χ4n) is 8.45. The second-order valence-corrected chi connectivity index (χ2v) is 15.3. The van der Waals surface area contributed by atoms with Gasteiger partial charge < -0.3 is 35.5 Å². The Morgan fingerprint density at radius 1 is 0.873 bits per heavy atom. The summed E-state index contributed by atoms with van der Waals surface area (Å²) in [6.07, 6.45) is 3.42. The number of likely N-dealkylation sites (tertiary alicyclic amines) is 1. The van der Waals surface area contributed by atoms with E-state index in [1.54, 1.807) is 12.1 Å². The number of H-pyrrole nitrogens is 1. The van der Waals surface area contributed by atoms with Crippen molar-refractivity contribution in [3.63, 3.8) is 0 Å². The number of aliphatic hydroxyl groups is 1. The Kier molecular flexibility index (Phi) is 11.9.